The van der Waals surface area contributed by atoms with Crippen LogP contribution in [0.15, 0.2) is 42.5 Å². The molecular weight excluding hydrogens is 208 g/mol. The zero-order valence-corrected chi connectivity index (χ0v) is 10.6. The molecule has 2 rings (SSSR count). The molecule has 0 saturated heterocycles. The number of aromatic hydroxyl groups is 1. The summed E-state index contributed by atoms with van der Waals surface area (Å²) in [4.78, 5) is 0. The van der Waals surface area contributed by atoms with Crippen LogP contribution in [0.3, 0.4) is 0 Å². The molecule has 1 nitrogen and oxygen atoms in total. The van der Waals surface area contributed by atoms with E-state index in [1.165, 1.54) is 16.7 Å². The summed E-state index contributed by atoms with van der Waals surface area (Å²) in [6.07, 6.45) is 0. The number of hydrogen-bond acceptors (Lipinski definition) is 1. The highest BCUT2D eigenvalue weighted by molar-refractivity contribution is 5.48. The van der Waals surface area contributed by atoms with Gasteiger partial charge >= 0.3 is 0 Å². The fraction of sp³-hybridized carbons (Fsp3) is 0.250. The fourth-order valence-electron chi connectivity index (χ4n) is 2.28. The molecule has 0 aliphatic heterocycles. The van der Waals surface area contributed by atoms with Crippen molar-refractivity contribution >= 4 is 0 Å². The summed E-state index contributed by atoms with van der Waals surface area (Å²) < 4.78 is 0. The Bertz CT molecular complexity index is 515. The average Bonchev–Trinajstić information content (AvgIpc) is 2.35. The highest BCUT2D eigenvalue weighted by Crippen LogP contribution is 2.34. The van der Waals surface area contributed by atoms with Gasteiger partial charge in [-0.25, -0.2) is 0 Å². The molecule has 2 aromatic carbocycles. The van der Waals surface area contributed by atoms with E-state index in [2.05, 4.69) is 32.9 Å². The van der Waals surface area contributed by atoms with Crippen LogP contribution in [0.25, 0.3) is 0 Å². The quantitative estimate of drug-likeness (QED) is 0.815. The smallest absolute Gasteiger partial charge is 0.119 e. The first kappa shape index (κ1) is 11.7. The second-order valence-corrected chi connectivity index (χ2v) is 4.57. The van der Waals surface area contributed by atoms with E-state index < -0.39 is 0 Å². The van der Waals surface area contributed by atoms with Crippen LogP contribution in [0.1, 0.15) is 35.1 Å². The molecule has 0 radical (unpaired) electrons. The zero-order valence-electron chi connectivity index (χ0n) is 10.6. The zero-order chi connectivity index (χ0) is 12.4. The molecule has 0 heterocycles. The third-order valence-electron chi connectivity index (χ3n) is 3.50. The van der Waals surface area contributed by atoms with Crippen LogP contribution < -0.4 is 0 Å². The van der Waals surface area contributed by atoms with E-state index in [4.69, 9.17) is 0 Å². The molecule has 2 aromatic rings. The third-order valence-corrected chi connectivity index (χ3v) is 3.50. The van der Waals surface area contributed by atoms with Gasteiger partial charge in [-0.1, -0.05) is 43.3 Å². The van der Waals surface area contributed by atoms with Crippen molar-refractivity contribution in [2.75, 3.05) is 0 Å². The van der Waals surface area contributed by atoms with Crippen LogP contribution >= 0.6 is 0 Å². The molecular formula is C16H18O. The Morgan fingerprint density at radius 1 is 0.941 bits per heavy atom. The Morgan fingerprint density at radius 2 is 1.59 bits per heavy atom. The van der Waals surface area contributed by atoms with Gasteiger partial charge in [0, 0.05) is 11.5 Å². The highest BCUT2D eigenvalue weighted by Gasteiger charge is 2.15. The molecule has 0 fully saturated rings. The van der Waals surface area contributed by atoms with Gasteiger partial charge in [-0.3, -0.25) is 0 Å². The summed E-state index contributed by atoms with van der Waals surface area (Å²) in [6.45, 7) is 6.29. The number of hydrogen-bond donors (Lipinski definition) is 1. The lowest BCUT2D eigenvalue weighted by Crippen LogP contribution is -2.00. The van der Waals surface area contributed by atoms with Gasteiger partial charge in [0.1, 0.15) is 5.75 Å². The molecule has 0 aliphatic carbocycles. The molecule has 0 amide bonds. The van der Waals surface area contributed by atoms with E-state index in [0.717, 1.165) is 5.56 Å². The van der Waals surface area contributed by atoms with Crippen LogP contribution in [-0.2, 0) is 0 Å². The second-order valence-electron chi connectivity index (χ2n) is 4.57. The van der Waals surface area contributed by atoms with Crippen LogP contribution in [0.5, 0.6) is 5.75 Å². The lowest BCUT2D eigenvalue weighted by Gasteiger charge is -2.18. The normalized spacial score (nSPS) is 12.4. The van der Waals surface area contributed by atoms with Gasteiger partial charge in [0.05, 0.1) is 0 Å². The van der Waals surface area contributed by atoms with Crippen molar-refractivity contribution in [3.63, 3.8) is 0 Å². The van der Waals surface area contributed by atoms with Crippen molar-refractivity contribution in [3.05, 3.63) is 64.7 Å². The first-order valence-corrected chi connectivity index (χ1v) is 5.95. The van der Waals surface area contributed by atoms with Gasteiger partial charge in [-0.2, -0.15) is 0 Å². The standard InChI is InChI=1S/C16H18O/c1-11-9-10-15(17)16(12(11)2)13(3)14-7-5-4-6-8-14/h4-10,13,17H,1-3H3. The van der Waals surface area contributed by atoms with Crippen LogP contribution in [0, 0.1) is 13.8 Å². The maximum Gasteiger partial charge on any atom is 0.119 e. The van der Waals surface area contributed by atoms with Crippen molar-refractivity contribution in [1.29, 1.82) is 0 Å². The molecule has 0 aromatic heterocycles. The molecule has 0 saturated carbocycles. The van der Waals surface area contributed by atoms with Crippen molar-refractivity contribution < 1.29 is 5.11 Å². The van der Waals surface area contributed by atoms with E-state index in [-0.39, 0.29) is 5.92 Å². The maximum atomic E-state index is 10.0. The molecule has 1 N–H and O–H groups in total. The summed E-state index contributed by atoms with van der Waals surface area (Å²) in [5, 5.41) is 10.0. The number of phenols is 1. The summed E-state index contributed by atoms with van der Waals surface area (Å²) in [5.74, 6) is 0.612. The van der Waals surface area contributed by atoms with Gasteiger partial charge in [0.15, 0.2) is 0 Å². The van der Waals surface area contributed by atoms with Gasteiger partial charge in [0.25, 0.3) is 0 Å². The van der Waals surface area contributed by atoms with Crippen LogP contribution in [0.2, 0.25) is 0 Å². The second kappa shape index (κ2) is 4.62. The summed E-state index contributed by atoms with van der Waals surface area (Å²) in [6, 6.07) is 14.0. The Morgan fingerprint density at radius 3 is 2.24 bits per heavy atom. The largest absolute Gasteiger partial charge is 0.508 e. The molecule has 1 unspecified atom stereocenters. The van der Waals surface area contributed by atoms with Gasteiger partial charge in [0.2, 0.25) is 0 Å². The van der Waals surface area contributed by atoms with Crippen molar-refractivity contribution in [1.82, 2.24) is 0 Å². The summed E-state index contributed by atoms with van der Waals surface area (Å²) in [7, 11) is 0. The van der Waals surface area contributed by atoms with E-state index in [9.17, 15) is 5.11 Å². The monoisotopic (exact) mass is 226 g/mol. The SMILES string of the molecule is Cc1ccc(O)c(C(C)c2ccccc2)c1C. The minimum absolute atomic E-state index is 0.219. The van der Waals surface area contributed by atoms with E-state index in [1.54, 1.807) is 6.07 Å². The van der Waals surface area contributed by atoms with Gasteiger partial charge in [-0.15, -0.1) is 0 Å². The Kier molecular flexibility index (Phi) is 3.19. The number of aryl methyl sites for hydroxylation is 1. The van der Waals surface area contributed by atoms with Gasteiger partial charge < -0.3 is 5.11 Å². The minimum atomic E-state index is 0.219. The van der Waals surface area contributed by atoms with E-state index in [1.807, 2.05) is 24.3 Å². The molecule has 1 atom stereocenters. The first-order chi connectivity index (χ1) is 8.11. The predicted octanol–water partition coefficient (Wildman–Crippen LogP) is 4.16. The molecule has 0 bridgehead atoms. The number of benzene rings is 2. The number of rotatable bonds is 2. The summed E-state index contributed by atoms with van der Waals surface area (Å²) in [5.41, 5.74) is 4.68. The molecule has 17 heavy (non-hydrogen) atoms. The lowest BCUT2D eigenvalue weighted by atomic mass is 9.88. The predicted molar refractivity (Wildman–Crippen MR) is 71.5 cm³/mol. The van der Waals surface area contributed by atoms with E-state index in [0.29, 0.717) is 5.75 Å². The van der Waals surface area contributed by atoms with Crippen molar-refractivity contribution in [2.24, 2.45) is 0 Å². The highest BCUT2D eigenvalue weighted by atomic mass is 16.3. The fourth-order valence-corrected chi connectivity index (χ4v) is 2.28. The van der Waals surface area contributed by atoms with Crippen molar-refractivity contribution in [3.8, 4) is 5.75 Å². The average molecular weight is 226 g/mol. The maximum absolute atomic E-state index is 10.0. The Hall–Kier alpha value is -1.76. The minimum Gasteiger partial charge on any atom is -0.508 e. The molecule has 88 valence electrons. The Balaban J connectivity index is 2.51. The first-order valence-electron chi connectivity index (χ1n) is 5.95. The van der Waals surface area contributed by atoms with Gasteiger partial charge in [-0.05, 0) is 36.6 Å². The Labute approximate surface area is 103 Å². The molecule has 0 aliphatic rings. The third kappa shape index (κ3) is 2.19. The summed E-state index contributed by atoms with van der Waals surface area (Å²) >= 11 is 0. The lowest BCUT2D eigenvalue weighted by molar-refractivity contribution is 0.465. The topological polar surface area (TPSA) is 20.2 Å². The molecule has 1 heteroatoms. The van der Waals surface area contributed by atoms with Crippen LogP contribution in [-0.4, -0.2) is 5.11 Å². The van der Waals surface area contributed by atoms with Crippen molar-refractivity contribution in [2.45, 2.75) is 26.7 Å². The van der Waals surface area contributed by atoms with Crippen LogP contribution in [0.4, 0.5) is 0 Å². The van der Waals surface area contributed by atoms with E-state index >= 15 is 0 Å². The molecule has 0 spiro atoms. The number of phenolic OH excluding ortho intramolecular Hbond substituents is 1.